The number of carbonyl (C=O) groups excluding carboxylic acids is 1. The van der Waals surface area contributed by atoms with E-state index in [-0.39, 0.29) is 5.91 Å². The number of thioether (sulfide) groups is 1. The van der Waals surface area contributed by atoms with E-state index < -0.39 is 12.0 Å². The molecule has 1 saturated heterocycles. The normalized spacial score (nSPS) is 20.6. The van der Waals surface area contributed by atoms with Gasteiger partial charge in [-0.25, -0.2) is 4.79 Å². The summed E-state index contributed by atoms with van der Waals surface area (Å²) in [5.41, 5.74) is 0. The van der Waals surface area contributed by atoms with Crippen LogP contribution in [0.5, 0.6) is 0 Å². The predicted molar refractivity (Wildman–Crippen MR) is 58.8 cm³/mol. The molecule has 0 aliphatic carbocycles. The molecule has 1 amide bonds. The highest BCUT2D eigenvalue weighted by Crippen LogP contribution is 2.21. The molecule has 1 fully saturated rings. The Morgan fingerprint density at radius 1 is 1.60 bits per heavy atom. The Labute approximate surface area is 93.2 Å². The molecule has 0 unspecified atom stereocenters. The van der Waals surface area contributed by atoms with Gasteiger partial charge < -0.3 is 15.3 Å². The van der Waals surface area contributed by atoms with Gasteiger partial charge in [-0.05, 0) is 6.54 Å². The molecule has 0 bridgehead atoms. The van der Waals surface area contributed by atoms with Gasteiger partial charge in [0.05, 0.1) is 5.88 Å². The third-order valence-corrected chi connectivity index (χ3v) is 3.27. The van der Waals surface area contributed by atoms with Gasteiger partial charge in [0.15, 0.2) is 0 Å². The standard InChI is InChI=1S/C9H16N2O3S/c1-2-10-4-3-8(12)11-6-15-5-7(11)9(13)14/h7,10H,2-6H2,1H3,(H,13,14)/t7-/m0/s1. The third-order valence-electron chi connectivity index (χ3n) is 2.25. The van der Waals surface area contributed by atoms with E-state index in [0.29, 0.717) is 24.6 Å². The summed E-state index contributed by atoms with van der Waals surface area (Å²) in [6, 6.07) is -0.635. The number of hydrogen-bond acceptors (Lipinski definition) is 4. The van der Waals surface area contributed by atoms with E-state index >= 15 is 0 Å². The molecule has 5 nitrogen and oxygen atoms in total. The molecule has 1 aliphatic heterocycles. The van der Waals surface area contributed by atoms with Crippen LogP contribution in [-0.4, -0.2) is 52.6 Å². The van der Waals surface area contributed by atoms with Crippen molar-refractivity contribution in [3.63, 3.8) is 0 Å². The first-order chi connectivity index (χ1) is 7.16. The van der Waals surface area contributed by atoms with Crippen LogP contribution in [-0.2, 0) is 9.59 Å². The number of aliphatic carboxylic acids is 1. The van der Waals surface area contributed by atoms with E-state index in [1.165, 1.54) is 16.7 Å². The summed E-state index contributed by atoms with van der Waals surface area (Å²) in [4.78, 5) is 23.9. The van der Waals surface area contributed by atoms with Crippen LogP contribution >= 0.6 is 11.8 Å². The number of carbonyl (C=O) groups is 2. The molecule has 6 heteroatoms. The van der Waals surface area contributed by atoms with Crippen molar-refractivity contribution in [2.24, 2.45) is 0 Å². The smallest absolute Gasteiger partial charge is 0.327 e. The van der Waals surface area contributed by atoms with Gasteiger partial charge in [0.1, 0.15) is 6.04 Å². The Morgan fingerprint density at radius 2 is 2.33 bits per heavy atom. The molecule has 2 N–H and O–H groups in total. The number of carboxylic acid groups (broad SMARTS) is 1. The maximum absolute atomic E-state index is 11.6. The highest BCUT2D eigenvalue weighted by Gasteiger charge is 2.33. The second-order valence-corrected chi connectivity index (χ2v) is 4.32. The quantitative estimate of drug-likeness (QED) is 0.652. The van der Waals surface area contributed by atoms with Crippen molar-refractivity contribution >= 4 is 23.6 Å². The SMILES string of the molecule is CCNCCC(=O)N1CSC[C@H]1C(=O)O. The average molecular weight is 232 g/mol. The summed E-state index contributed by atoms with van der Waals surface area (Å²) in [5, 5.41) is 11.9. The maximum Gasteiger partial charge on any atom is 0.327 e. The molecule has 0 saturated carbocycles. The Kier molecular flexibility index (Phi) is 4.90. The van der Waals surface area contributed by atoms with Crippen molar-refractivity contribution < 1.29 is 14.7 Å². The van der Waals surface area contributed by atoms with E-state index in [1.54, 1.807) is 0 Å². The molecule has 0 aromatic carbocycles. The second kappa shape index (κ2) is 5.97. The van der Waals surface area contributed by atoms with Gasteiger partial charge in [-0.3, -0.25) is 4.79 Å². The van der Waals surface area contributed by atoms with Crippen LogP contribution in [0.3, 0.4) is 0 Å². The second-order valence-electron chi connectivity index (χ2n) is 3.32. The van der Waals surface area contributed by atoms with Gasteiger partial charge in [-0.15, -0.1) is 11.8 Å². The zero-order valence-corrected chi connectivity index (χ0v) is 9.55. The summed E-state index contributed by atoms with van der Waals surface area (Å²) in [6.45, 7) is 3.41. The van der Waals surface area contributed by atoms with Crippen LogP contribution < -0.4 is 5.32 Å². The summed E-state index contributed by atoms with van der Waals surface area (Å²) in [7, 11) is 0. The predicted octanol–water partition coefficient (Wildman–Crippen LogP) is -0.0279. The van der Waals surface area contributed by atoms with E-state index in [2.05, 4.69) is 5.32 Å². The lowest BCUT2D eigenvalue weighted by Gasteiger charge is -2.20. The molecular weight excluding hydrogens is 216 g/mol. The van der Waals surface area contributed by atoms with Crippen LogP contribution in [0.4, 0.5) is 0 Å². The van der Waals surface area contributed by atoms with Crippen LogP contribution in [0.25, 0.3) is 0 Å². The van der Waals surface area contributed by atoms with Crippen LogP contribution in [0, 0.1) is 0 Å². The number of nitrogens with zero attached hydrogens (tertiary/aromatic N) is 1. The molecular formula is C9H16N2O3S. The van der Waals surface area contributed by atoms with Gasteiger partial charge in [0.25, 0.3) is 0 Å². The molecule has 86 valence electrons. The van der Waals surface area contributed by atoms with Gasteiger partial charge in [-0.2, -0.15) is 0 Å². The third kappa shape index (κ3) is 3.39. The fourth-order valence-electron chi connectivity index (χ4n) is 1.41. The van der Waals surface area contributed by atoms with Gasteiger partial charge in [0, 0.05) is 18.7 Å². The van der Waals surface area contributed by atoms with Gasteiger partial charge in [0.2, 0.25) is 5.91 Å². The van der Waals surface area contributed by atoms with Gasteiger partial charge >= 0.3 is 5.97 Å². The number of hydrogen-bond donors (Lipinski definition) is 2. The van der Waals surface area contributed by atoms with Crippen molar-refractivity contribution in [2.45, 2.75) is 19.4 Å². The number of nitrogens with one attached hydrogen (secondary N) is 1. The average Bonchev–Trinajstić information content (AvgIpc) is 2.66. The highest BCUT2D eigenvalue weighted by atomic mass is 32.2. The first-order valence-corrected chi connectivity index (χ1v) is 6.13. The minimum atomic E-state index is -0.906. The molecule has 1 heterocycles. The molecule has 0 aromatic heterocycles. The molecule has 15 heavy (non-hydrogen) atoms. The minimum Gasteiger partial charge on any atom is -0.480 e. The molecule has 1 atom stereocenters. The van der Waals surface area contributed by atoms with E-state index in [1.807, 2.05) is 6.92 Å². The molecule has 1 rings (SSSR count). The van der Waals surface area contributed by atoms with Crippen molar-refractivity contribution in [3.8, 4) is 0 Å². The Morgan fingerprint density at radius 3 is 2.93 bits per heavy atom. The molecule has 0 aromatic rings. The Hall–Kier alpha value is -0.750. The van der Waals surface area contributed by atoms with E-state index in [0.717, 1.165) is 6.54 Å². The Balaban J connectivity index is 2.40. The highest BCUT2D eigenvalue weighted by molar-refractivity contribution is 7.99. The van der Waals surface area contributed by atoms with Gasteiger partial charge in [-0.1, -0.05) is 6.92 Å². The lowest BCUT2D eigenvalue weighted by Crippen LogP contribution is -2.42. The lowest BCUT2D eigenvalue weighted by molar-refractivity contribution is -0.147. The summed E-state index contributed by atoms with van der Waals surface area (Å²) >= 11 is 1.49. The Bertz CT molecular complexity index is 248. The molecule has 0 radical (unpaired) electrons. The first-order valence-electron chi connectivity index (χ1n) is 4.97. The molecule has 0 spiro atoms. The number of amides is 1. The number of rotatable bonds is 5. The monoisotopic (exact) mass is 232 g/mol. The van der Waals surface area contributed by atoms with Crippen LogP contribution in [0.2, 0.25) is 0 Å². The van der Waals surface area contributed by atoms with E-state index in [9.17, 15) is 9.59 Å². The fraction of sp³-hybridized carbons (Fsp3) is 0.778. The van der Waals surface area contributed by atoms with E-state index in [4.69, 9.17) is 5.11 Å². The van der Waals surface area contributed by atoms with Crippen molar-refractivity contribution in [3.05, 3.63) is 0 Å². The zero-order chi connectivity index (χ0) is 11.3. The van der Waals surface area contributed by atoms with Crippen LogP contribution in [0.15, 0.2) is 0 Å². The van der Waals surface area contributed by atoms with Crippen molar-refractivity contribution in [2.75, 3.05) is 24.7 Å². The minimum absolute atomic E-state index is 0.0756. The summed E-state index contributed by atoms with van der Waals surface area (Å²) < 4.78 is 0. The molecule has 1 aliphatic rings. The van der Waals surface area contributed by atoms with Crippen LogP contribution in [0.1, 0.15) is 13.3 Å². The summed E-state index contributed by atoms with van der Waals surface area (Å²) in [5.74, 6) is 0.0228. The first kappa shape index (κ1) is 12.3. The van der Waals surface area contributed by atoms with Crippen molar-refractivity contribution in [1.82, 2.24) is 10.2 Å². The fourth-order valence-corrected chi connectivity index (χ4v) is 2.58. The number of carboxylic acids is 1. The topological polar surface area (TPSA) is 69.6 Å². The zero-order valence-electron chi connectivity index (χ0n) is 8.73. The summed E-state index contributed by atoms with van der Waals surface area (Å²) in [6.07, 6.45) is 0.373. The largest absolute Gasteiger partial charge is 0.480 e. The van der Waals surface area contributed by atoms with Crippen molar-refractivity contribution in [1.29, 1.82) is 0 Å². The maximum atomic E-state index is 11.6. The lowest BCUT2D eigenvalue weighted by atomic mass is 10.2.